The van der Waals surface area contributed by atoms with Gasteiger partial charge in [0.05, 0.1) is 32.5 Å². The van der Waals surface area contributed by atoms with E-state index in [9.17, 15) is 0 Å². The minimum Gasteiger partial charge on any atom is -0.379 e. The van der Waals surface area contributed by atoms with Crippen molar-refractivity contribution >= 4 is 5.96 Å². The van der Waals surface area contributed by atoms with Crippen LogP contribution in [0.3, 0.4) is 0 Å². The third-order valence-electron chi connectivity index (χ3n) is 4.93. The third kappa shape index (κ3) is 7.78. The smallest absolute Gasteiger partial charge is 0.191 e. The largest absolute Gasteiger partial charge is 0.379 e. The molecule has 2 heterocycles. The maximum atomic E-state index is 5.70. The summed E-state index contributed by atoms with van der Waals surface area (Å²) in [6.45, 7) is 14.1. The molecule has 0 aromatic heterocycles. The Morgan fingerprint density at radius 3 is 2.96 bits per heavy atom. The molecule has 2 rings (SSSR count). The zero-order valence-electron chi connectivity index (χ0n) is 16.8. The molecule has 2 fully saturated rings. The van der Waals surface area contributed by atoms with Crippen LogP contribution in [0.15, 0.2) is 4.99 Å². The first kappa shape index (κ1) is 21.4. The van der Waals surface area contributed by atoms with Gasteiger partial charge in [-0.2, -0.15) is 0 Å². The van der Waals surface area contributed by atoms with Gasteiger partial charge < -0.3 is 24.8 Å². The van der Waals surface area contributed by atoms with E-state index < -0.39 is 0 Å². The summed E-state index contributed by atoms with van der Waals surface area (Å²) >= 11 is 0. The molecular formula is C19H38N4O3. The van der Waals surface area contributed by atoms with Gasteiger partial charge in [0.2, 0.25) is 0 Å². The van der Waals surface area contributed by atoms with Gasteiger partial charge in [-0.15, -0.1) is 0 Å². The van der Waals surface area contributed by atoms with Gasteiger partial charge in [-0.1, -0.05) is 0 Å². The molecule has 26 heavy (non-hydrogen) atoms. The molecular weight excluding hydrogens is 332 g/mol. The van der Waals surface area contributed by atoms with Crippen LogP contribution in [0.5, 0.6) is 0 Å². The van der Waals surface area contributed by atoms with Crippen molar-refractivity contribution in [2.45, 2.75) is 58.2 Å². The lowest BCUT2D eigenvalue weighted by atomic mass is 10.2. The van der Waals surface area contributed by atoms with E-state index in [1.54, 1.807) is 0 Å². The van der Waals surface area contributed by atoms with E-state index in [0.29, 0.717) is 18.2 Å². The maximum absolute atomic E-state index is 5.70. The van der Waals surface area contributed by atoms with Crippen LogP contribution >= 0.6 is 0 Å². The summed E-state index contributed by atoms with van der Waals surface area (Å²) in [7, 11) is 0. The molecule has 2 saturated heterocycles. The van der Waals surface area contributed by atoms with Gasteiger partial charge in [-0.05, 0) is 40.0 Å². The number of nitrogens with zero attached hydrogens (tertiary/aromatic N) is 2. The van der Waals surface area contributed by atoms with Crippen LogP contribution < -0.4 is 10.6 Å². The second-order valence-electron chi connectivity index (χ2n) is 7.22. The number of hydrogen-bond acceptors (Lipinski definition) is 5. The molecule has 3 atom stereocenters. The average Bonchev–Trinajstić information content (AvgIpc) is 3.16. The van der Waals surface area contributed by atoms with Gasteiger partial charge in [-0.3, -0.25) is 9.89 Å². The Bertz CT molecular complexity index is 402. The van der Waals surface area contributed by atoms with Crippen molar-refractivity contribution in [2.24, 2.45) is 4.99 Å². The Labute approximate surface area is 158 Å². The number of aliphatic imine (C=N–C) groups is 1. The van der Waals surface area contributed by atoms with E-state index in [-0.39, 0.29) is 0 Å². The highest BCUT2D eigenvalue weighted by Gasteiger charge is 2.23. The molecule has 0 bridgehead atoms. The summed E-state index contributed by atoms with van der Waals surface area (Å²) in [5, 5.41) is 6.73. The predicted molar refractivity (Wildman–Crippen MR) is 105 cm³/mol. The Balaban J connectivity index is 1.62. The Hall–Kier alpha value is -0.890. The quantitative estimate of drug-likeness (QED) is 0.343. The fraction of sp³-hybridized carbons (Fsp3) is 0.947. The highest BCUT2D eigenvalue weighted by Crippen LogP contribution is 2.12. The molecule has 0 aromatic carbocycles. The van der Waals surface area contributed by atoms with E-state index in [1.807, 2.05) is 0 Å². The Kier molecular flexibility index (Phi) is 10.3. The van der Waals surface area contributed by atoms with E-state index in [2.05, 4.69) is 36.3 Å². The standard InChI is InChI=1S/C19H38N4O3/c1-4-20-19(21-8-6-10-24-15-18-7-5-11-26-18)22-13-16(2)23-9-12-25-14-17(23)3/h16-18H,4-15H2,1-3H3,(H2,20,21,22). The van der Waals surface area contributed by atoms with Gasteiger partial charge in [-0.25, -0.2) is 0 Å². The zero-order valence-corrected chi connectivity index (χ0v) is 16.8. The molecule has 0 aromatic rings. The lowest BCUT2D eigenvalue weighted by Crippen LogP contribution is -2.49. The summed E-state index contributed by atoms with van der Waals surface area (Å²) in [4.78, 5) is 7.24. The van der Waals surface area contributed by atoms with Crippen molar-refractivity contribution in [1.82, 2.24) is 15.5 Å². The van der Waals surface area contributed by atoms with Gasteiger partial charge >= 0.3 is 0 Å². The first-order valence-electron chi connectivity index (χ1n) is 10.3. The SMILES string of the molecule is CCNC(=NCC(C)N1CCOCC1C)NCCCOCC1CCCO1. The van der Waals surface area contributed by atoms with Gasteiger partial charge in [0.15, 0.2) is 5.96 Å². The van der Waals surface area contributed by atoms with Crippen LogP contribution in [0.25, 0.3) is 0 Å². The maximum Gasteiger partial charge on any atom is 0.191 e. The molecule has 0 saturated carbocycles. The van der Waals surface area contributed by atoms with Gasteiger partial charge in [0.25, 0.3) is 0 Å². The number of ether oxygens (including phenoxy) is 3. The molecule has 7 heteroatoms. The molecule has 2 N–H and O–H groups in total. The number of nitrogens with one attached hydrogen (secondary N) is 2. The topological polar surface area (TPSA) is 67.4 Å². The monoisotopic (exact) mass is 370 g/mol. The average molecular weight is 371 g/mol. The normalized spacial score (nSPS) is 26.0. The molecule has 2 aliphatic heterocycles. The summed E-state index contributed by atoms with van der Waals surface area (Å²) in [5.74, 6) is 0.888. The molecule has 3 unspecified atom stereocenters. The number of morpholine rings is 1. The number of hydrogen-bond donors (Lipinski definition) is 2. The van der Waals surface area contributed by atoms with Crippen LogP contribution in [0.1, 0.15) is 40.0 Å². The molecule has 0 spiro atoms. The molecule has 0 radical (unpaired) electrons. The van der Waals surface area contributed by atoms with Crippen molar-refractivity contribution in [3.63, 3.8) is 0 Å². The fourth-order valence-electron chi connectivity index (χ4n) is 3.44. The van der Waals surface area contributed by atoms with Crippen molar-refractivity contribution < 1.29 is 14.2 Å². The van der Waals surface area contributed by atoms with Crippen LogP contribution in [0.2, 0.25) is 0 Å². The predicted octanol–water partition coefficient (Wildman–Crippen LogP) is 1.24. The highest BCUT2D eigenvalue weighted by molar-refractivity contribution is 5.79. The van der Waals surface area contributed by atoms with Crippen molar-refractivity contribution in [3.05, 3.63) is 0 Å². The van der Waals surface area contributed by atoms with Crippen molar-refractivity contribution in [1.29, 1.82) is 0 Å². The van der Waals surface area contributed by atoms with E-state index in [1.165, 1.54) is 6.42 Å². The van der Waals surface area contributed by atoms with Crippen LogP contribution in [-0.4, -0.2) is 88.3 Å². The van der Waals surface area contributed by atoms with E-state index >= 15 is 0 Å². The van der Waals surface area contributed by atoms with Crippen LogP contribution in [0, 0.1) is 0 Å². The Morgan fingerprint density at radius 2 is 2.23 bits per heavy atom. The second kappa shape index (κ2) is 12.5. The van der Waals surface area contributed by atoms with Gasteiger partial charge in [0.1, 0.15) is 0 Å². The van der Waals surface area contributed by atoms with Crippen molar-refractivity contribution in [3.8, 4) is 0 Å². The third-order valence-corrected chi connectivity index (χ3v) is 4.93. The summed E-state index contributed by atoms with van der Waals surface area (Å²) < 4.78 is 16.8. The second-order valence-corrected chi connectivity index (χ2v) is 7.22. The Morgan fingerprint density at radius 1 is 1.35 bits per heavy atom. The first-order valence-corrected chi connectivity index (χ1v) is 10.3. The summed E-state index contributed by atoms with van der Waals surface area (Å²) in [5.41, 5.74) is 0. The highest BCUT2D eigenvalue weighted by atomic mass is 16.5. The number of rotatable bonds is 10. The molecule has 7 nitrogen and oxygen atoms in total. The minimum absolute atomic E-state index is 0.311. The molecule has 0 aliphatic carbocycles. The number of guanidine groups is 1. The lowest BCUT2D eigenvalue weighted by molar-refractivity contribution is -0.0165. The fourth-order valence-corrected chi connectivity index (χ4v) is 3.44. The lowest BCUT2D eigenvalue weighted by Gasteiger charge is -2.37. The first-order chi connectivity index (χ1) is 12.7. The van der Waals surface area contributed by atoms with E-state index in [0.717, 1.165) is 78.0 Å². The van der Waals surface area contributed by atoms with Crippen molar-refractivity contribution in [2.75, 3.05) is 59.2 Å². The van der Waals surface area contributed by atoms with Crippen LogP contribution in [-0.2, 0) is 14.2 Å². The zero-order chi connectivity index (χ0) is 18.6. The summed E-state index contributed by atoms with van der Waals surface area (Å²) in [6.07, 6.45) is 3.58. The summed E-state index contributed by atoms with van der Waals surface area (Å²) in [6, 6.07) is 0.879. The van der Waals surface area contributed by atoms with Gasteiger partial charge in [0, 0.05) is 44.9 Å². The minimum atomic E-state index is 0.311. The molecule has 0 amide bonds. The van der Waals surface area contributed by atoms with E-state index in [4.69, 9.17) is 19.2 Å². The molecule has 152 valence electrons. The van der Waals surface area contributed by atoms with Crippen LogP contribution in [0.4, 0.5) is 0 Å². The molecule has 2 aliphatic rings.